The minimum atomic E-state index is -0.0663. The molecule has 1 aliphatic heterocycles. The highest BCUT2D eigenvalue weighted by atomic mass is 16.3. The predicted octanol–water partition coefficient (Wildman–Crippen LogP) is 3.08. The Kier molecular flexibility index (Phi) is 4.74. The molecule has 0 saturated carbocycles. The summed E-state index contributed by atoms with van der Waals surface area (Å²) < 4.78 is 5.19. The molecule has 0 bridgehead atoms. The summed E-state index contributed by atoms with van der Waals surface area (Å²) in [6.45, 7) is 4.74. The Balaban J connectivity index is 1.34. The number of rotatable bonds is 4. The third-order valence-electron chi connectivity index (χ3n) is 4.60. The van der Waals surface area contributed by atoms with Crippen molar-refractivity contribution >= 4 is 23.2 Å². The molecular weight excluding hydrogens is 342 g/mol. The third-order valence-corrected chi connectivity index (χ3v) is 4.60. The van der Waals surface area contributed by atoms with E-state index in [1.165, 1.54) is 11.8 Å². The highest BCUT2D eigenvalue weighted by molar-refractivity contribution is 5.91. The van der Waals surface area contributed by atoms with Crippen molar-refractivity contribution in [3.8, 4) is 0 Å². The standard InChI is InChI=1S/C20H21N5O2/c1-15-4-6-16(7-5-15)21-18-8-9-19(23-22-18)24-10-12-25(13-11-24)20(26)17-3-2-14-27-17/h2-9,14H,10-13H2,1H3,(H,21,22). The molecule has 0 spiro atoms. The van der Waals surface area contributed by atoms with Gasteiger partial charge in [0.1, 0.15) is 0 Å². The van der Waals surface area contributed by atoms with E-state index in [4.69, 9.17) is 4.42 Å². The minimum Gasteiger partial charge on any atom is -0.459 e. The molecule has 7 heteroatoms. The molecule has 0 atom stereocenters. The average Bonchev–Trinajstić information content (AvgIpc) is 3.25. The Hall–Kier alpha value is -3.35. The van der Waals surface area contributed by atoms with Gasteiger partial charge in [-0.25, -0.2) is 0 Å². The van der Waals surface area contributed by atoms with Crippen LogP contribution in [-0.2, 0) is 0 Å². The monoisotopic (exact) mass is 363 g/mol. The van der Waals surface area contributed by atoms with Crippen LogP contribution in [0.4, 0.5) is 17.3 Å². The molecule has 1 N–H and O–H groups in total. The molecule has 1 aliphatic rings. The van der Waals surface area contributed by atoms with E-state index in [0.29, 0.717) is 37.8 Å². The fraction of sp³-hybridized carbons (Fsp3) is 0.250. The molecule has 3 aromatic rings. The van der Waals surface area contributed by atoms with Gasteiger partial charge in [0.2, 0.25) is 0 Å². The second-order valence-corrected chi connectivity index (χ2v) is 6.52. The molecule has 2 aromatic heterocycles. The lowest BCUT2D eigenvalue weighted by Crippen LogP contribution is -2.49. The van der Waals surface area contributed by atoms with E-state index < -0.39 is 0 Å². The number of hydrogen-bond donors (Lipinski definition) is 1. The van der Waals surface area contributed by atoms with E-state index >= 15 is 0 Å². The zero-order valence-corrected chi connectivity index (χ0v) is 15.1. The minimum absolute atomic E-state index is 0.0663. The molecule has 3 heterocycles. The van der Waals surface area contributed by atoms with Gasteiger partial charge in [-0.1, -0.05) is 17.7 Å². The van der Waals surface area contributed by atoms with Crippen LogP contribution in [0.1, 0.15) is 16.1 Å². The number of benzene rings is 1. The first kappa shape index (κ1) is 17.1. The molecular formula is C20H21N5O2. The van der Waals surface area contributed by atoms with E-state index in [-0.39, 0.29) is 5.91 Å². The number of carbonyl (C=O) groups excluding carboxylic acids is 1. The first-order valence-corrected chi connectivity index (χ1v) is 8.94. The Morgan fingerprint density at radius 2 is 1.78 bits per heavy atom. The number of piperazine rings is 1. The van der Waals surface area contributed by atoms with Crippen LogP contribution in [0.5, 0.6) is 0 Å². The summed E-state index contributed by atoms with van der Waals surface area (Å²) in [6, 6.07) is 15.4. The molecule has 4 rings (SSSR count). The molecule has 0 unspecified atom stereocenters. The average molecular weight is 363 g/mol. The predicted molar refractivity (Wildman–Crippen MR) is 103 cm³/mol. The van der Waals surface area contributed by atoms with Crippen molar-refractivity contribution in [1.29, 1.82) is 0 Å². The lowest BCUT2D eigenvalue weighted by molar-refractivity contribution is 0.0714. The van der Waals surface area contributed by atoms with Crippen LogP contribution in [0.25, 0.3) is 0 Å². The van der Waals surface area contributed by atoms with Crippen molar-refractivity contribution in [3.63, 3.8) is 0 Å². The van der Waals surface area contributed by atoms with E-state index in [9.17, 15) is 4.79 Å². The molecule has 1 fully saturated rings. The zero-order chi connectivity index (χ0) is 18.6. The number of nitrogens with one attached hydrogen (secondary N) is 1. The van der Waals surface area contributed by atoms with Crippen LogP contribution in [0.2, 0.25) is 0 Å². The normalized spacial score (nSPS) is 14.3. The van der Waals surface area contributed by atoms with Gasteiger partial charge in [-0.2, -0.15) is 0 Å². The summed E-state index contributed by atoms with van der Waals surface area (Å²) in [5, 5.41) is 11.8. The van der Waals surface area contributed by atoms with Gasteiger partial charge in [-0.3, -0.25) is 4.79 Å². The number of aryl methyl sites for hydroxylation is 1. The van der Waals surface area contributed by atoms with Gasteiger partial charge in [0.05, 0.1) is 6.26 Å². The van der Waals surface area contributed by atoms with Crippen LogP contribution in [0.15, 0.2) is 59.2 Å². The number of aromatic nitrogens is 2. The molecule has 1 saturated heterocycles. The number of carbonyl (C=O) groups is 1. The molecule has 0 aliphatic carbocycles. The van der Waals surface area contributed by atoms with Gasteiger partial charge >= 0.3 is 0 Å². The fourth-order valence-corrected chi connectivity index (χ4v) is 3.04. The Bertz CT molecular complexity index is 883. The number of anilines is 3. The lowest BCUT2D eigenvalue weighted by atomic mass is 10.2. The van der Waals surface area contributed by atoms with Gasteiger partial charge < -0.3 is 19.5 Å². The maximum absolute atomic E-state index is 12.3. The van der Waals surface area contributed by atoms with Crippen LogP contribution in [0.3, 0.4) is 0 Å². The second-order valence-electron chi connectivity index (χ2n) is 6.52. The highest BCUT2D eigenvalue weighted by Gasteiger charge is 2.24. The van der Waals surface area contributed by atoms with Gasteiger partial charge in [0.15, 0.2) is 17.4 Å². The number of hydrogen-bond acceptors (Lipinski definition) is 6. The van der Waals surface area contributed by atoms with E-state index in [1.54, 1.807) is 17.0 Å². The quantitative estimate of drug-likeness (QED) is 0.768. The first-order chi connectivity index (χ1) is 13.2. The first-order valence-electron chi connectivity index (χ1n) is 8.94. The third kappa shape index (κ3) is 3.92. The summed E-state index contributed by atoms with van der Waals surface area (Å²) in [5.41, 5.74) is 2.19. The SMILES string of the molecule is Cc1ccc(Nc2ccc(N3CCN(C(=O)c4ccco4)CC3)nn2)cc1. The molecule has 138 valence electrons. The Morgan fingerprint density at radius 1 is 1.00 bits per heavy atom. The van der Waals surface area contributed by atoms with Crippen LogP contribution < -0.4 is 10.2 Å². The van der Waals surface area contributed by atoms with E-state index in [2.05, 4.69) is 27.3 Å². The summed E-state index contributed by atoms with van der Waals surface area (Å²) in [7, 11) is 0. The number of amides is 1. The molecule has 0 radical (unpaired) electrons. The van der Waals surface area contributed by atoms with Gasteiger partial charge in [-0.05, 0) is 43.3 Å². The molecule has 7 nitrogen and oxygen atoms in total. The number of furan rings is 1. The second kappa shape index (κ2) is 7.49. The Morgan fingerprint density at radius 3 is 2.41 bits per heavy atom. The smallest absolute Gasteiger partial charge is 0.289 e. The van der Waals surface area contributed by atoms with Crippen molar-refractivity contribution in [2.75, 3.05) is 36.4 Å². The number of nitrogens with zero attached hydrogens (tertiary/aromatic N) is 4. The Labute approximate surface area is 157 Å². The van der Waals surface area contributed by atoms with Crippen molar-refractivity contribution in [3.05, 3.63) is 66.1 Å². The van der Waals surface area contributed by atoms with Crippen LogP contribution in [0, 0.1) is 6.92 Å². The van der Waals surface area contributed by atoms with Gasteiger partial charge in [0.25, 0.3) is 5.91 Å². The maximum atomic E-state index is 12.3. The molecule has 27 heavy (non-hydrogen) atoms. The molecule has 1 amide bonds. The maximum Gasteiger partial charge on any atom is 0.289 e. The summed E-state index contributed by atoms with van der Waals surface area (Å²) in [4.78, 5) is 16.3. The van der Waals surface area contributed by atoms with Crippen molar-refractivity contribution in [1.82, 2.24) is 15.1 Å². The lowest BCUT2D eigenvalue weighted by Gasteiger charge is -2.34. The van der Waals surface area contributed by atoms with E-state index in [0.717, 1.165) is 11.5 Å². The van der Waals surface area contributed by atoms with Crippen molar-refractivity contribution in [2.24, 2.45) is 0 Å². The van der Waals surface area contributed by atoms with Crippen LogP contribution in [-0.4, -0.2) is 47.2 Å². The van der Waals surface area contributed by atoms with Gasteiger partial charge in [-0.15, -0.1) is 10.2 Å². The van der Waals surface area contributed by atoms with Crippen molar-refractivity contribution in [2.45, 2.75) is 6.92 Å². The summed E-state index contributed by atoms with van der Waals surface area (Å²) >= 11 is 0. The van der Waals surface area contributed by atoms with Crippen molar-refractivity contribution < 1.29 is 9.21 Å². The summed E-state index contributed by atoms with van der Waals surface area (Å²) in [6.07, 6.45) is 1.52. The zero-order valence-electron chi connectivity index (χ0n) is 15.1. The van der Waals surface area contributed by atoms with E-state index in [1.807, 2.05) is 36.4 Å². The topological polar surface area (TPSA) is 74.5 Å². The molecule has 1 aromatic carbocycles. The largest absolute Gasteiger partial charge is 0.459 e. The summed E-state index contributed by atoms with van der Waals surface area (Å²) in [5.74, 6) is 1.84. The fourth-order valence-electron chi connectivity index (χ4n) is 3.04. The van der Waals surface area contributed by atoms with Crippen LogP contribution >= 0.6 is 0 Å². The van der Waals surface area contributed by atoms with Gasteiger partial charge in [0, 0.05) is 31.9 Å². The highest BCUT2D eigenvalue weighted by Crippen LogP contribution is 2.18.